The number of hydrogen-bond acceptors (Lipinski definition) is 6. The lowest BCUT2D eigenvalue weighted by atomic mass is 10.00. The minimum absolute atomic E-state index is 0.0903. The van der Waals surface area contributed by atoms with Gasteiger partial charge in [0.15, 0.2) is 11.5 Å². The summed E-state index contributed by atoms with van der Waals surface area (Å²) in [5.74, 6) is 1.25. The van der Waals surface area contributed by atoms with E-state index in [1.54, 1.807) is 12.1 Å². The number of hydrogen-bond donors (Lipinski definition) is 0. The van der Waals surface area contributed by atoms with Crippen molar-refractivity contribution in [3.8, 4) is 11.5 Å². The molecule has 1 fully saturated rings. The minimum atomic E-state index is -3.75. The maximum Gasteiger partial charge on any atom is 0.246 e. The molecule has 2 heterocycles. The first-order chi connectivity index (χ1) is 13.5. The Morgan fingerprint density at radius 3 is 2.71 bits per heavy atom. The molecule has 1 unspecified atom stereocenters. The van der Waals surface area contributed by atoms with Gasteiger partial charge in [-0.15, -0.1) is 0 Å². The van der Waals surface area contributed by atoms with E-state index in [-0.39, 0.29) is 10.8 Å². The van der Waals surface area contributed by atoms with Crippen LogP contribution in [0.3, 0.4) is 0 Å². The highest BCUT2D eigenvalue weighted by atomic mass is 32.2. The first-order valence-corrected chi connectivity index (χ1v) is 10.5. The van der Waals surface area contributed by atoms with Crippen LogP contribution in [0.4, 0.5) is 0 Å². The summed E-state index contributed by atoms with van der Waals surface area (Å²) in [6.07, 6.45) is 1.56. The van der Waals surface area contributed by atoms with Gasteiger partial charge < -0.3 is 13.9 Å². The van der Waals surface area contributed by atoms with Crippen molar-refractivity contribution in [2.45, 2.75) is 23.7 Å². The zero-order chi connectivity index (χ0) is 19.7. The zero-order valence-electron chi connectivity index (χ0n) is 15.8. The lowest BCUT2D eigenvalue weighted by Gasteiger charge is -2.30. The van der Waals surface area contributed by atoms with E-state index < -0.39 is 10.0 Å². The first-order valence-electron chi connectivity index (χ1n) is 9.10. The van der Waals surface area contributed by atoms with Gasteiger partial charge in [0.2, 0.25) is 10.0 Å². The van der Waals surface area contributed by atoms with Gasteiger partial charge in [-0.2, -0.15) is 4.31 Å². The maximum absolute atomic E-state index is 13.3. The average Bonchev–Trinajstić information content (AvgIpc) is 3.17. The Balaban J connectivity index is 1.65. The van der Waals surface area contributed by atoms with Gasteiger partial charge in [-0.25, -0.2) is 13.4 Å². The largest absolute Gasteiger partial charge is 0.497 e. The average molecular weight is 402 g/mol. The fraction of sp³-hybridized carbons (Fsp3) is 0.350. The SMILES string of the molecule is COc1ccc(OC)c(S(=O)(=O)N2CCCC(c3nc4ccccc4o3)C2)c1. The molecule has 28 heavy (non-hydrogen) atoms. The molecule has 148 valence electrons. The third kappa shape index (κ3) is 3.33. The van der Waals surface area contributed by atoms with Crippen LogP contribution in [0, 0.1) is 0 Å². The molecule has 0 saturated carbocycles. The molecule has 1 aromatic heterocycles. The van der Waals surface area contributed by atoms with Crippen molar-refractivity contribution in [3.63, 3.8) is 0 Å². The number of benzene rings is 2. The van der Waals surface area contributed by atoms with Crippen LogP contribution in [0.25, 0.3) is 11.1 Å². The number of rotatable bonds is 5. The van der Waals surface area contributed by atoms with E-state index >= 15 is 0 Å². The molecular formula is C20H22N2O5S. The van der Waals surface area contributed by atoms with Gasteiger partial charge >= 0.3 is 0 Å². The van der Waals surface area contributed by atoms with E-state index in [0.29, 0.717) is 36.1 Å². The monoisotopic (exact) mass is 402 g/mol. The van der Waals surface area contributed by atoms with Crippen LogP contribution < -0.4 is 9.47 Å². The molecule has 0 amide bonds. The number of piperidine rings is 1. The highest BCUT2D eigenvalue weighted by Crippen LogP contribution is 2.35. The molecule has 4 rings (SSSR count). The molecular weight excluding hydrogens is 380 g/mol. The summed E-state index contributed by atoms with van der Waals surface area (Å²) in [7, 11) is -0.791. The molecule has 1 aliphatic heterocycles. The quantitative estimate of drug-likeness (QED) is 0.650. The van der Waals surface area contributed by atoms with E-state index in [2.05, 4.69) is 4.98 Å². The third-order valence-electron chi connectivity index (χ3n) is 5.03. The number of para-hydroxylation sites is 2. The normalized spacial score (nSPS) is 18.3. The van der Waals surface area contributed by atoms with Gasteiger partial charge in [0.1, 0.15) is 21.9 Å². The topological polar surface area (TPSA) is 81.9 Å². The van der Waals surface area contributed by atoms with Crippen molar-refractivity contribution in [2.75, 3.05) is 27.3 Å². The van der Waals surface area contributed by atoms with Gasteiger partial charge in [-0.1, -0.05) is 12.1 Å². The Kier molecular flexibility index (Phi) is 4.99. The Labute approximate surface area is 163 Å². The summed E-state index contributed by atoms with van der Waals surface area (Å²) in [6, 6.07) is 12.3. The second-order valence-corrected chi connectivity index (χ2v) is 8.65. The van der Waals surface area contributed by atoms with Gasteiger partial charge in [-0.3, -0.25) is 0 Å². The predicted octanol–water partition coefficient (Wildman–Crippen LogP) is 3.41. The smallest absolute Gasteiger partial charge is 0.246 e. The molecule has 0 radical (unpaired) electrons. The fourth-order valence-corrected chi connectivity index (χ4v) is 5.25. The predicted molar refractivity (Wildman–Crippen MR) is 104 cm³/mol. The number of aromatic nitrogens is 1. The maximum atomic E-state index is 13.3. The molecule has 0 aliphatic carbocycles. The van der Waals surface area contributed by atoms with Gasteiger partial charge in [0.05, 0.1) is 14.2 Å². The van der Waals surface area contributed by atoms with E-state index in [0.717, 1.165) is 18.4 Å². The number of ether oxygens (including phenoxy) is 2. The second kappa shape index (κ2) is 7.44. The van der Waals surface area contributed by atoms with Crippen LogP contribution in [-0.2, 0) is 10.0 Å². The summed E-state index contributed by atoms with van der Waals surface area (Å²) < 4.78 is 44.5. The van der Waals surface area contributed by atoms with Gasteiger partial charge in [0, 0.05) is 25.1 Å². The number of oxazole rings is 1. The van der Waals surface area contributed by atoms with Crippen molar-refractivity contribution in [1.29, 1.82) is 0 Å². The van der Waals surface area contributed by atoms with Crippen LogP contribution in [0.1, 0.15) is 24.7 Å². The van der Waals surface area contributed by atoms with Gasteiger partial charge in [-0.05, 0) is 37.1 Å². The second-order valence-electron chi connectivity index (χ2n) is 6.74. The standard InChI is InChI=1S/C20H22N2O5S/c1-25-15-9-10-18(26-2)19(12-15)28(23,24)22-11-5-6-14(13-22)20-21-16-7-3-4-8-17(16)27-20/h3-4,7-10,12,14H,5-6,11,13H2,1-2H3. The van der Waals surface area contributed by atoms with Crippen molar-refractivity contribution >= 4 is 21.1 Å². The van der Waals surface area contributed by atoms with Crippen LogP contribution in [0.15, 0.2) is 51.8 Å². The zero-order valence-corrected chi connectivity index (χ0v) is 16.6. The molecule has 8 heteroatoms. The molecule has 1 atom stereocenters. The lowest BCUT2D eigenvalue weighted by molar-refractivity contribution is 0.287. The van der Waals surface area contributed by atoms with Crippen LogP contribution in [-0.4, -0.2) is 45.0 Å². The van der Waals surface area contributed by atoms with E-state index in [1.807, 2.05) is 24.3 Å². The molecule has 1 aliphatic rings. The molecule has 2 aromatic carbocycles. The van der Waals surface area contributed by atoms with Gasteiger partial charge in [0.25, 0.3) is 0 Å². The van der Waals surface area contributed by atoms with E-state index in [1.165, 1.54) is 24.6 Å². The summed E-state index contributed by atoms with van der Waals surface area (Å²) in [5, 5.41) is 0. The summed E-state index contributed by atoms with van der Waals surface area (Å²) in [5.41, 5.74) is 1.50. The Bertz CT molecular complexity index is 1060. The van der Waals surface area contributed by atoms with Crippen molar-refractivity contribution in [3.05, 3.63) is 48.4 Å². The highest BCUT2D eigenvalue weighted by Gasteiger charge is 2.34. The van der Waals surface area contributed by atoms with Crippen LogP contribution in [0.5, 0.6) is 11.5 Å². The Morgan fingerprint density at radius 2 is 1.96 bits per heavy atom. The summed E-state index contributed by atoms with van der Waals surface area (Å²) in [6.45, 7) is 0.759. The van der Waals surface area contributed by atoms with Crippen molar-refractivity contribution in [1.82, 2.24) is 9.29 Å². The van der Waals surface area contributed by atoms with E-state index in [4.69, 9.17) is 13.9 Å². The molecule has 0 spiro atoms. The van der Waals surface area contributed by atoms with Crippen molar-refractivity contribution < 1.29 is 22.3 Å². The molecule has 7 nitrogen and oxygen atoms in total. The highest BCUT2D eigenvalue weighted by molar-refractivity contribution is 7.89. The van der Waals surface area contributed by atoms with Crippen LogP contribution >= 0.6 is 0 Å². The molecule has 1 saturated heterocycles. The van der Waals surface area contributed by atoms with Crippen molar-refractivity contribution in [2.24, 2.45) is 0 Å². The van der Waals surface area contributed by atoms with E-state index in [9.17, 15) is 8.42 Å². The Hall–Kier alpha value is -2.58. The number of sulfonamides is 1. The molecule has 0 N–H and O–H groups in total. The lowest BCUT2D eigenvalue weighted by Crippen LogP contribution is -2.39. The van der Waals surface area contributed by atoms with Crippen LogP contribution in [0.2, 0.25) is 0 Å². The fourth-order valence-electron chi connectivity index (χ4n) is 3.55. The number of methoxy groups -OCH3 is 2. The summed E-state index contributed by atoms with van der Waals surface area (Å²) in [4.78, 5) is 4.66. The number of fused-ring (bicyclic) bond motifs is 1. The third-order valence-corrected chi connectivity index (χ3v) is 6.92. The number of nitrogens with zero attached hydrogens (tertiary/aromatic N) is 2. The minimum Gasteiger partial charge on any atom is -0.497 e. The summed E-state index contributed by atoms with van der Waals surface area (Å²) >= 11 is 0. The molecule has 0 bridgehead atoms. The molecule has 3 aromatic rings. The Morgan fingerprint density at radius 1 is 1.14 bits per heavy atom. The first kappa shape index (κ1) is 18.8.